The fourth-order valence-electron chi connectivity index (χ4n) is 3.63. The predicted molar refractivity (Wildman–Crippen MR) is 89.1 cm³/mol. The zero-order valence-corrected chi connectivity index (χ0v) is 13.9. The fourth-order valence-corrected chi connectivity index (χ4v) is 3.63. The summed E-state index contributed by atoms with van der Waals surface area (Å²) in [7, 11) is 0. The van der Waals surface area contributed by atoms with E-state index in [0.29, 0.717) is 0 Å². The van der Waals surface area contributed by atoms with Gasteiger partial charge in [0.1, 0.15) is 0 Å². The molecule has 0 aromatic carbocycles. The molecule has 0 spiro atoms. The largest absolute Gasteiger partial charge is 0.329 e. The summed E-state index contributed by atoms with van der Waals surface area (Å²) in [5, 5.41) is 0. The Hall–Kier alpha value is -0.930. The topological polar surface area (TPSA) is 42.2 Å². The summed E-state index contributed by atoms with van der Waals surface area (Å²) in [6.45, 7) is 9.63. The SMILES string of the molecule is CCCN(Cc1cncc(C)c1)C1(CN)CCC(C)CC1. The van der Waals surface area contributed by atoms with Crippen LogP contribution >= 0.6 is 0 Å². The minimum atomic E-state index is 0.201. The summed E-state index contributed by atoms with van der Waals surface area (Å²) in [5.74, 6) is 0.855. The lowest BCUT2D eigenvalue weighted by Crippen LogP contribution is -2.55. The third-order valence-electron chi connectivity index (χ3n) is 5.05. The van der Waals surface area contributed by atoms with Gasteiger partial charge in [0.15, 0.2) is 0 Å². The smallest absolute Gasteiger partial charge is 0.0335 e. The van der Waals surface area contributed by atoms with Gasteiger partial charge in [0, 0.05) is 31.0 Å². The van der Waals surface area contributed by atoms with Crippen molar-refractivity contribution in [1.82, 2.24) is 9.88 Å². The Morgan fingerprint density at radius 2 is 2.05 bits per heavy atom. The van der Waals surface area contributed by atoms with E-state index < -0.39 is 0 Å². The van der Waals surface area contributed by atoms with Crippen molar-refractivity contribution in [3.8, 4) is 0 Å². The average molecular weight is 289 g/mol. The second kappa shape index (κ2) is 7.37. The van der Waals surface area contributed by atoms with E-state index in [-0.39, 0.29) is 5.54 Å². The second-order valence-corrected chi connectivity index (χ2v) is 6.90. The Morgan fingerprint density at radius 3 is 2.62 bits per heavy atom. The van der Waals surface area contributed by atoms with Gasteiger partial charge in [0.25, 0.3) is 0 Å². The van der Waals surface area contributed by atoms with Crippen LogP contribution in [0.15, 0.2) is 18.5 Å². The molecular weight excluding hydrogens is 258 g/mol. The van der Waals surface area contributed by atoms with Crippen LogP contribution < -0.4 is 5.73 Å². The van der Waals surface area contributed by atoms with Crippen LogP contribution in [0, 0.1) is 12.8 Å². The van der Waals surface area contributed by atoms with Gasteiger partial charge in [0.05, 0.1) is 0 Å². The quantitative estimate of drug-likeness (QED) is 0.871. The first-order valence-electron chi connectivity index (χ1n) is 8.45. The molecule has 0 bridgehead atoms. The first kappa shape index (κ1) is 16.4. The van der Waals surface area contributed by atoms with Crippen LogP contribution in [0.4, 0.5) is 0 Å². The number of nitrogens with two attached hydrogens (primary N) is 1. The lowest BCUT2D eigenvalue weighted by Gasteiger charge is -2.47. The first-order valence-corrected chi connectivity index (χ1v) is 8.45. The zero-order valence-electron chi connectivity index (χ0n) is 13.9. The maximum absolute atomic E-state index is 6.24. The van der Waals surface area contributed by atoms with Crippen LogP contribution in [0.3, 0.4) is 0 Å². The van der Waals surface area contributed by atoms with Gasteiger partial charge in [-0.2, -0.15) is 0 Å². The fraction of sp³-hybridized carbons (Fsp3) is 0.722. The van der Waals surface area contributed by atoms with Gasteiger partial charge in [-0.05, 0) is 62.6 Å². The van der Waals surface area contributed by atoms with Crippen molar-refractivity contribution in [2.24, 2.45) is 11.7 Å². The first-order chi connectivity index (χ1) is 10.1. The number of nitrogens with zero attached hydrogens (tertiary/aromatic N) is 2. The predicted octanol–water partition coefficient (Wildman–Crippen LogP) is 3.51. The lowest BCUT2D eigenvalue weighted by atomic mass is 9.75. The third-order valence-corrected chi connectivity index (χ3v) is 5.05. The minimum Gasteiger partial charge on any atom is -0.329 e. The van der Waals surface area contributed by atoms with E-state index in [1.165, 1.54) is 43.2 Å². The van der Waals surface area contributed by atoms with Crippen molar-refractivity contribution in [2.45, 2.75) is 65.0 Å². The van der Waals surface area contributed by atoms with Gasteiger partial charge >= 0.3 is 0 Å². The van der Waals surface area contributed by atoms with Crippen molar-refractivity contribution in [3.05, 3.63) is 29.6 Å². The molecule has 0 unspecified atom stereocenters. The van der Waals surface area contributed by atoms with Crippen molar-refractivity contribution >= 4 is 0 Å². The maximum Gasteiger partial charge on any atom is 0.0335 e. The summed E-state index contributed by atoms with van der Waals surface area (Å²) in [6.07, 6.45) is 10.2. The number of pyridine rings is 1. The highest BCUT2D eigenvalue weighted by Crippen LogP contribution is 2.36. The summed E-state index contributed by atoms with van der Waals surface area (Å²) < 4.78 is 0. The Balaban J connectivity index is 2.16. The number of aryl methyl sites for hydroxylation is 1. The molecule has 1 fully saturated rings. The summed E-state index contributed by atoms with van der Waals surface area (Å²) in [4.78, 5) is 6.98. The normalized spacial score (nSPS) is 26.2. The molecule has 1 aromatic heterocycles. The van der Waals surface area contributed by atoms with Gasteiger partial charge < -0.3 is 5.73 Å². The summed E-state index contributed by atoms with van der Waals surface area (Å²) in [6, 6.07) is 2.26. The molecule has 0 saturated heterocycles. The lowest BCUT2D eigenvalue weighted by molar-refractivity contribution is 0.0376. The molecule has 0 atom stereocenters. The van der Waals surface area contributed by atoms with E-state index in [0.717, 1.165) is 25.6 Å². The molecule has 2 rings (SSSR count). The number of rotatable bonds is 6. The molecule has 0 radical (unpaired) electrons. The molecular formula is C18H31N3. The molecule has 3 heteroatoms. The maximum atomic E-state index is 6.24. The second-order valence-electron chi connectivity index (χ2n) is 6.90. The molecule has 118 valence electrons. The highest BCUT2D eigenvalue weighted by molar-refractivity contribution is 5.17. The van der Waals surface area contributed by atoms with E-state index in [1.54, 1.807) is 0 Å². The molecule has 0 aliphatic heterocycles. The van der Waals surface area contributed by atoms with Gasteiger partial charge in [-0.15, -0.1) is 0 Å². The van der Waals surface area contributed by atoms with Crippen LogP contribution in [0.5, 0.6) is 0 Å². The van der Waals surface area contributed by atoms with Crippen molar-refractivity contribution < 1.29 is 0 Å². The average Bonchev–Trinajstić information content (AvgIpc) is 2.48. The van der Waals surface area contributed by atoms with Gasteiger partial charge in [0.2, 0.25) is 0 Å². The molecule has 1 saturated carbocycles. The molecule has 1 aliphatic carbocycles. The standard InChI is InChI=1S/C18H31N3/c1-4-9-21(13-17-10-16(3)11-20-12-17)18(14-19)7-5-15(2)6-8-18/h10-12,15H,4-9,13-14,19H2,1-3H3. The monoisotopic (exact) mass is 289 g/mol. The minimum absolute atomic E-state index is 0.201. The van der Waals surface area contributed by atoms with Crippen LogP contribution in [0.2, 0.25) is 0 Å². The molecule has 21 heavy (non-hydrogen) atoms. The number of hydrogen-bond acceptors (Lipinski definition) is 3. The molecule has 3 nitrogen and oxygen atoms in total. The van der Waals surface area contributed by atoms with Crippen molar-refractivity contribution in [3.63, 3.8) is 0 Å². The highest BCUT2D eigenvalue weighted by atomic mass is 15.2. The van der Waals surface area contributed by atoms with Crippen LogP contribution in [-0.2, 0) is 6.54 Å². The Labute approximate surface area is 129 Å². The van der Waals surface area contributed by atoms with Crippen molar-refractivity contribution in [1.29, 1.82) is 0 Å². The third kappa shape index (κ3) is 4.04. The number of hydrogen-bond donors (Lipinski definition) is 1. The van der Waals surface area contributed by atoms with Gasteiger partial charge in [-0.3, -0.25) is 9.88 Å². The Bertz CT molecular complexity index is 436. The van der Waals surface area contributed by atoms with Crippen molar-refractivity contribution in [2.75, 3.05) is 13.1 Å². The van der Waals surface area contributed by atoms with E-state index in [2.05, 4.69) is 36.7 Å². The van der Waals surface area contributed by atoms with Crippen LogP contribution in [0.25, 0.3) is 0 Å². The van der Waals surface area contributed by atoms with E-state index in [9.17, 15) is 0 Å². The Morgan fingerprint density at radius 1 is 1.33 bits per heavy atom. The number of aromatic nitrogens is 1. The molecule has 0 amide bonds. The van der Waals surface area contributed by atoms with E-state index in [1.807, 2.05) is 12.4 Å². The van der Waals surface area contributed by atoms with E-state index in [4.69, 9.17) is 5.73 Å². The van der Waals surface area contributed by atoms with Crippen LogP contribution in [-0.4, -0.2) is 28.5 Å². The Kier molecular flexibility index (Phi) is 5.77. The molecule has 1 heterocycles. The van der Waals surface area contributed by atoms with Crippen LogP contribution in [0.1, 0.15) is 57.1 Å². The molecule has 2 N–H and O–H groups in total. The molecule has 1 aliphatic rings. The zero-order chi connectivity index (χ0) is 15.3. The molecule has 1 aromatic rings. The van der Waals surface area contributed by atoms with Gasteiger partial charge in [-0.1, -0.05) is 19.9 Å². The van der Waals surface area contributed by atoms with E-state index >= 15 is 0 Å². The summed E-state index contributed by atoms with van der Waals surface area (Å²) in [5.41, 5.74) is 9.00. The highest BCUT2D eigenvalue weighted by Gasteiger charge is 2.37. The van der Waals surface area contributed by atoms with Gasteiger partial charge in [-0.25, -0.2) is 0 Å². The summed E-state index contributed by atoms with van der Waals surface area (Å²) >= 11 is 0.